The van der Waals surface area contributed by atoms with E-state index in [4.69, 9.17) is 0 Å². The third-order valence-electron chi connectivity index (χ3n) is 5.42. The lowest BCUT2D eigenvalue weighted by molar-refractivity contribution is -0.119. The normalized spacial score (nSPS) is 22.9. The molecule has 2 aliphatic heterocycles. The molecular formula is C19H25N7O. The number of hydrogen-bond acceptors (Lipinski definition) is 4. The summed E-state index contributed by atoms with van der Waals surface area (Å²) in [7, 11) is 1.81. The van der Waals surface area contributed by atoms with Crippen molar-refractivity contribution in [1.82, 2.24) is 30.1 Å². The highest BCUT2D eigenvalue weighted by atomic mass is 16.1. The number of rotatable bonds is 3. The van der Waals surface area contributed by atoms with E-state index in [1.807, 2.05) is 23.9 Å². The highest BCUT2D eigenvalue weighted by Crippen LogP contribution is 2.36. The van der Waals surface area contributed by atoms with Crippen LogP contribution < -0.4 is 10.6 Å². The monoisotopic (exact) mass is 367 g/mol. The van der Waals surface area contributed by atoms with E-state index < -0.39 is 0 Å². The number of aromatic nitrogens is 3. The summed E-state index contributed by atoms with van der Waals surface area (Å²) in [5.74, 6) is 1.90. The first kappa shape index (κ1) is 17.5. The van der Waals surface area contributed by atoms with Gasteiger partial charge in [0.05, 0.1) is 0 Å². The van der Waals surface area contributed by atoms with Crippen LogP contribution in [0, 0.1) is 5.41 Å². The molecule has 1 amide bonds. The lowest BCUT2D eigenvalue weighted by atomic mass is 9.79. The van der Waals surface area contributed by atoms with Gasteiger partial charge in [-0.3, -0.25) is 14.4 Å². The second-order valence-electron chi connectivity index (χ2n) is 7.34. The molecule has 2 fully saturated rings. The molecule has 0 aliphatic carbocycles. The van der Waals surface area contributed by atoms with Gasteiger partial charge in [0.25, 0.3) is 0 Å². The summed E-state index contributed by atoms with van der Waals surface area (Å²) in [5, 5.41) is 6.47. The van der Waals surface area contributed by atoms with Gasteiger partial charge in [-0.05, 0) is 18.9 Å². The van der Waals surface area contributed by atoms with Crippen molar-refractivity contribution < 1.29 is 4.79 Å². The molecule has 8 heteroatoms. The molecule has 1 spiro atoms. The number of guanidine groups is 1. The molecule has 2 N–H and O–H groups in total. The minimum atomic E-state index is 0.0449. The van der Waals surface area contributed by atoms with Gasteiger partial charge in [-0.1, -0.05) is 6.07 Å². The maximum atomic E-state index is 11.7. The van der Waals surface area contributed by atoms with Gasteiger partial charge in [0, 0.05) is 69.2 Å². The van der Waals surface area contributed by atoms with Crippen LogP contribution in [0.1, 0.15) is 24.8 Å². The van der Waals surface area contributed by atoms with Crippen LogP contribution in [0.3, 0.4) is 0 Å². The first-order valence-corrected chi connectivity index (χ1v) is 9.34. The molecule has 0 aromatic carbocycles. The van der Waals surface area contributed by atoms with Crippen LogP contribution in [0.2, 0.25) is 0 Å². The molecular weight excluding hydrogens is 342 g/mol. The minimum absolute atomic E-state index is 0.0449. The van der Waals surface area contributed by atoms with E-state index in [0.717, 1.165) is 49.8 Å². The molecule has 2 aromatic rings. The van der Waals surface area contributed by atoms with E-state index in [1.54, 1.807) is 18.7 Å². The number of hydrogen-bond donors (Lipinski definition) is 2. The van der Waals surface area contributed by atoms with Gasteiger partial charge < -0.3 is 15.5 Å². The largest absolute Gasteiger partial charge is 0.355 e. The average Bonchev–Trinajstić information content (AvgIpc) is 3.33. The second kappa shape index (κ2) is 7.38. The number of nitrogens with zero attached hydrogens (tertiary/aromatic N) is 5. The maximum Gasteiger partial charge on any atom is 0.220 e. The summed E-state index contributed by atoms with van der Waals surface area (Å²) in [6, 6.07) is 3.99. The molecule has 0 saturated carbocycles. The molecule has 8 nitrogen and oxygen atoms in total. The van der Waals surface area contributed by atoms with Gasteiger partial charge in [-0.25, -0.2) is 9.97 Å². The molecule has 1 unspecified atom stereocenters. The summed E-state index contributed by atoms with van der Waals surface area (Å²) in [6.07, 6.45) is 9.95. The quantitative estimate of drug-likeness (QED) is 0.623. The molecule has 4 rings (SSSR count). The van der Waals surface area contributed by atoms with E-state index in [2.05, 4.69) is 36.6 Å². The van der Waals surface area contributed by atoms with Crippen LogP contribution in [-0.4, -0.2) is 58.0 Å². The zero-order chi connectivity index (χ0) is 18.7. The number of pyridine rings is 1. The van der Waals surface area contributed by atoms with Gasteiger partial charge in [0.15, 0.2) is 5.96 Å². The number of carbonyl (C=O) groups is 1. The van der Waals surface area contributed by atoms with Gasteiger partial charge in [-0.2, -0.15) is 0 Å². The Kier molecular flexibility index (Phi) is 4.79. The zero-order valence-corrected chi connectivity index (χ0v) is 15.6. The molecule has 27 heavy (non-hydrogen) atoms. The Morgan fingerprint density at radius 3 is 3.11 bits per heavy atom. The Hall–Kier alpha value is -2.90. The first-order chi connectivity index (χ1) is 13.2. The molecule has 142 valence electrons. The molecule has 1 atom stereocenters. The molecule has 2 aromatic heterocycles. The van der Waals surface area contributed by atoms with E-state index in [0.29, 0.717) is 13.0 Å². The number of likely N-dealkylation sites (tertiary alicyclic amines) is 1. The molecule has 0 bridgehead atoms. The van der Waals surface area contributed by atoms with E-state index >= 15 is 0 Å². The number of piperidine rings is 1. The van der Waals surface area contributed by atoms with Crippen molar-refractivity contribution in [3.05, 3.63) is 42.6 Å². The summed E-state index contributed by atoms with van der Waals surface area (Å²) in [5.41, 5.74) is 1.12. The summed E-state index contributed by atoms with van der Waals surface area (Å²) < 4.78 is 1.91. The van der Waals surface area contributed by atoms with Crippen LogP contribution in [0.25, 0.3) is 5.82 Å². The number of nitrogens with one attached hydrogen (secondary N) is 2. The van der Waals surface area contributed by atoms with Gasteiger partial charge >= 0.3 is 0 Å². The Labute approximate surface area is 158 Å². The fourth-order valence-corrected chi connectivity index (χ4v) is 4.12. The topological polar surface area (TPSA) is 87.4 Å². The SMILES string of the molecule is CN=C(NCc1cccnc1-n1ccnc1)N1CCCC2(CNC(=O)C2)C1. The van der Waals surface area contributed by atoms with Crippen molar-refractivity contribution in [1.29, 1.82) is 0 Å². The van der Waals surface area contributed by atoms with Crippen molar-refractivity contribution in [3.8, 4) is 5.82 Å². The maximum absolute atomic E-state index is 11.7. The Morgan fingerprint density at radius 2 is 2.37 bits per heavy atom. The Balaban J connectivity index is 1.45. The number of amides is 1. The predicted octanol–water partition coefficient (Wildman–Crippen LogP) is 0.945. The van der Waals surface area contributed by atoms with Gasteiger partial charge in [-0.15, -0.1) is 0 Å². The number of imidazole rings is 1. The average molecular weight is 367 g/mol. The fraction of sp³-hybridized carbons (Fsp3) is 0.474. The van der Waals surface area contributed by atoms with Gasteiger partial charge in [0.1, 0.15) is 12.1 Å². The highest BCUT2D eigenvalue weighted by Gasteiger charge is 2.42. The van der Waals surface area contributed by atoms with Crippen LogP contribution >= 0.6 is 0 Å². The summed E-state index contributed by atoms with van der Waals surface area (Å²) in [6.45, 7) is 3.20. The molecule has 2 saturated heterocycles. The minimum Gasteiger partial charge on any atom is -0.355 e. The Bertz CT molecular complexity index is 832. The van der Waals surface area contributed by atoms with Crippen LogP contribution in [0.4, 0.5) is 0 Å². The van der Waals surface area contributed by atoms with Crippen molar-refractivity contribution >= 4 is 11.9 Å². The predicted molar refractivity (Wildman–Crippen MR) is 102 cm³/mol. The standard InChI is InChI=1S/C19H25N7O/c1-20-18(25-8-3-5-19(13-25)10-16(27)24-12-19)23-11-15-4-2-6-22-17(15)26-9-7-21-14-26/h2,4,6-7,9,14H,3,5,8,10-13H2,1H3,(H,20,23)(H,24,27). The first-order valence-electron chi connectivity index (χ1n) is 9.34. The lowest BCUT2D eigenvalue weighted by Gasteiger charge is -2.40. The van der Waals surface area contributed by atoms with Crippen LogP contribution in [0.15, 0.2) is 42.0 Å². The summed E-state index contributed by atoms with van der Waals surface area (Å²) in [4.78, 5) is 27.1. The van der Waals surface area contributed by atoms with Crippen LogP contribution in [0.5, 0.6) is 0 Å². The Morgan fingerprint density at radius 1 is 1.44 bits per heavy atom. The third-order valence-corrected chi connectivity index (χ3v) is 5.42. The second-order valence-corrected chi connectivity index (χ2v) is 7.34. The molecule has 0 radical (unpaired) electrons. The van der Waals surface area contributed by atoms with Crippen molar-refractivity contribution in [2.75, 3.05) is 26.7 Å². The number of carbonyl (C=O) groups excluding carboxylic acids is 1. The molecule has 2 aliphatic rings. The molecule has 4 heterocycles. The van der Waals surface area contributed by atoms with E-state index in [1.165, 1.54) is 0 Å². The van der Waals surface area contributed by atoms with E-state index in [-0.39, 0.29) is 11.3 Å². The highest BCUT2D eigenvalue weighted by molar-refractivity contribution is 5.81. The number of aliphatic imine (C=N–C) groups is 1. The van der Waals surface area contributed by atoms with Gasteiger partial charge in [0.2, 0.25) is 5.91 Å². The van der Waals surface area contributed by atoms with E-state index in [9.17, 15) is 4.79 Å². The third kappa shape index (κ3) is 3.65. The summed E-state index contributed by atoms with van der Waals surface area (Å²) >= 11 is 0. The zero-order valence-electron chi connectivity index (χ0n) is 15.6. The van der Waals surface area contributed by atoms with Crippen molar-refractivity contribution in [3.63, 3.8) is 0 Å². The van der Waals surface area contributed by atoms with Crippen molar-refractivity contribution in [2.24, 2.45) is 10.4 Å². The lowest BCUT2D eigenvalue weighted by Crippen LogP contribution is -2.51. The fourth-order valence-electron chi connectivity index (χ4n) is 4.12. The smallest absolute Gasteiger partial charge is 0.220 e. The van der Waals surface area contributed by atoms with Crippen LogP contribution in [-0.2, 0) is 11.3 Å². The van der Waals surface area contributed by atoms with Crippen molar-refractivity contribution in [2.45, 2.75) is 25.8 Å².